The third-order valence-electron chi connectivity index (χ3n) is 2.85. The van der Waals surface area contributed by atoms with Gasteiger partial charge in [-0.25, -0.2) is 17.5 Å². The van der Waals surface area contributed by atoms with Crippen molar-refractivity contribution in [1.82, 2.24) is 9.62 Å². The number of nitrogens with zero attached hydrogens (tertiary/aromatic N) is 1. The number of benzene rings is 1. The average Bonchev–Trinajstić information content (AvgIpc) is 2.37. The quantitative estimate of drug-likeness (QED) is 0.700. The number of unbranched alkanes of at least 4 members (excludes halogenated alkanes) is 1. The second kappa shape index (κ2) is 7.68. The lowest BCUT2D eigenvalue weighted by Crippen LogP contribution is -2.26. The summed E-state index contributed by atoms with van der Waals surface area (Å²) >= 11 is 0. The fraction of sp³-hybridized carbons (Fsp3) is 0.538. The van der Waals surface area contributed by atoms with Gasteiger partial charge in [-0.05, 0) is 51.2 Å². The van der Waals surface area contributed by atoms with Crippen LogP contribution in [0.3, 0.4) is 0 Å². The Morgan fingerprint density at radius 3 is 2.55 bits per heavy atom. The molecule has 0 saturated heterocycles. The third kappa shape index (κ3) is 5.16. The van der Waals surface area contributed by atoms with E-state index in [0.717, 1.165) is 19.0 Å². The highest BCUT2D eigenvalue weighted by Crippen LogP contribution is 2.15. The first-order chi connectivity index (χ1) is 9.36. The van der Waals surface area contributed by atoms with Crippen molar-refractivity contribution >= 4 is 10.0 Å². The van der Waals surface area contributed by atoms with Crippen LogP contribution in [0.15, 0.2) is 23.1 Å². The van der Waals surface area contributed by atoms with Gasteiger partial charge in [-0.15, -0.1) is 0 Å². The van der Waals surface area contributed by atoms with Crippen molar-refractivity contribution in [1.29, 1.82) is 0 Å². The second-order valence-electron chi connectivity index (χ2n) is 4.88. The smallest absolute Gasteiger partial charge is 0.243 e. The molecule has 1 rings (SSSR count). The van der Waals surface area contributed by atoms with E-state index < -0.39 is 15.8 Å². The van der Waals surface area contributed by atoms with Gasteiger partial charge in [0.05, 0.1) is 0 Å². The summed E-state index contributed by atoms with van der Waals surface area (Å²) in [6.07, 6.45) is 1.59. The Morgan fingerprint density at radius 2 is 2.00 bits per heavy atom. The molecule has 0 amide bonds. The fourth-order valence-corrected chi connectivity index (χ4v) is 2.86. The van der Waals surface area contributed by atoms with Crippen molar-refractivity contribution in [3.63, 3.8) is 0 Å². The molecule has 0 aliphatic heterocycles. The molecule has 0 atom stereocenters. The maximum atomic E-state index is 13.7. The van der Waals surface area contributed by atoms with Gasteiger partial charge in [-0.3, -0.25) is 0 Å². The van der Waals surface area contributed by atoms with Crippen LogP contribution in [-0.2, 0) is 16.6 Å². The molecule has 0 unspecified atom stereocenters. The van der Waals surface area contributed by atoms with E-state index in [1.54, 1.807) is 0 Å². The van der Waals surface area contributed by atoms with Crippen LogP contribution in [0, 0.1) is 5.82 Å². The largest absolute Gasteiger partial charge is 0.326 e. The van der Waals surface area contributed by atoms with Gasteiger partial charge < -0.3 is 10.6 Å². The van der Waals surface area contributed by atoms with Crippen LogP contribution in [0.2, 0.25) is 0 Å². The fourth-order valence-electron chi connectivity index (χ4n) is 1.73. The lowest BCUT2D eigenvalue weighted by atomic mass is 10.2. The molecule has 1 aromatic rings. The number of rotatable bonds is 8. The summed E-state index contributed by atoms with van der Waals surface area (Å²) in [4.78, 5) is 1.70. The van der Waals surface area contributed by atoms with Gasteiger partial charge >= 0.3 is 0 Å². The third-order valence-corrected chi connectivity index (χ3v) is 4.34. The summed E-state index contributed by atoms with van der Waals surface area (Å²) < 4.78 is 40.1. The van der Waals surface area contributed by atoms with Crippen LogP contribution >= 0.6 is 0 Å². The minimum Gasteiger partial charge on any atom is -0.326 e. The van der Waals surface area contributed by atoms with Gasteiger partial charge in [0.1, 0.15) is 10.7 Å². The number of hydrogen-bond donors (Lipinski definition) is 2. The predicted molar refractivity (Wildman–Crippen MR) is 77.3 cm³/mol. The summed E-state index contributed by atoms with van der Waals surface area (Å²) in [5, 5.41) is 0. The number of nitrogens with one attached hydrogen (secondary N) is 1. The zero-order valence-electron chi connectivity index (χ0n) is 11.9. The van der Waals surface area contributed by atoms with Gasteiger partial charge in [0.25, 0.3) is 0 Å². The Hall–Kier alpha value is -1.02. The lowest BCUT2D eigenvalue weighted by molar-refractivity contribution is 0.394. The summed E-state index contributed by atoms with van der Waals surface area (Å²) in [7, 11) is 0.118. The Morgan fingerprint density at radius 1 is 1.30 bits per heavy atom. The van der Waals surface area contributed by atoms with Crippen molar-refractivity contribution in [2.24, 2.45) is 5.73 Å². The van der Waals surface area contributed by atoms with Crippen molar-refractivity contribution in [2.45, 2.75) is 24.3 Å². The maximum absolute atomic E-state index is 13.7. The Bertz CT molecular complexity index is 532. The Kier molecular flexibility index (Phi) is 6.54. The van der Waals surface area contributed by atoms with Crippen molar-refractivity contribution in [3.05, 3.63) is 29.6 Å². The summed E-state index contributed by atoms with van der Waals surface area (Å²) in [5.74, 6) is -0.770. The predicted octanol–water partition coefficient (Wildman–Crippen LogP) is 0.904. The highest BCUT2D eigenvalue weighted by atomic mass is 32.2. The van der Waals surface area contributed by atoms with E-state index >= 15 is 0 Å². The van der Waals surface area contributed by atoms with Crippen molar-refractivity contribution < 1.29 is 12.8 Å². The molecule has 0 saturated carbocycles. The topological polar surface area (TPSA) is 75.4 Å². The first kappa shape index (κ1) is 17.0. The maximum Gasteiger partial charge on any atom is 0.243 e. The first-order valence-corrected chi connectivity index (χ1v) is 7.98. The molecule has 114 valence electrons. The minimum absolute atomic E-state index is 0.176. The van der Waals surface area contributed by atoms with E-state index in [4.69, 9.17) is 5.73 Å². The second-order valence-corrected chi connectivity index (χ2v) is 6.61. The molecule has 0 bridgehead atoms. The molecular weight excluding hydrogens is 281 g/mol. The van der Waals surface area contributed by atoms with E-state index in [9.17, 15) is 12.8 Å². The average molecular weight is 303 g/mol. The Balaban J connectivity index is 2.60. The standard InChI is InChI=1S/C13H22FN3O2S/c1-17(2)8-4-3-7-16-20(18,19)13-6-5-11(10-15)9-12(13)14/h5-6,9,16H,3-4,7-8,10,15H2,1-2H3. The Labute approximate surface area is 120 Å². The van der Waals surface area contributed by atoms with E-state index in [1.807, 2.05) is 19.0 Å². The van der Waals surface area contributed by atoms with E-state index in [-0.39, 0.29) is 11.4 Å². The van der Waals surface area contributed by atoms with Crippen LogP contribution in [0.25, 0.3) is 0 Å². The van der Waals surface area contributed by atoms with Crippen molar-refractivity contribution in [3.8, 4) is 0 Å². The zero-order chi connectivity index (χ0) is 15.2. The molecule has 0 aliphatic rings. The summed E-state index contributed by atoms with van der Waals surface area (Å²) in [6.45, 7) is 1.37. The molecule has 7 heteroatoms. The normalized spacial score (nSPS) is 12.1. The number of sulfonamides is 1. The van der Waals surface area contributed by atoms with Gasteiger partial charge in [-0.2, -0.15) is 0 Å². The van der Waals surface area contributed by atoms with Gasteiger partial charge in [0.2, 0.25) is 10.0 Å². The van der Waals surface area contributed by atoms with Crippen molar-refractivity contribution in [2.75, 3.05) is 27.2 Å². The molecule has 5 nitrogen and oxygen atoms in total. The number of nitrogens with two attached hydrogens (primary N) is 1. The van der Waals surface area contributed by atoms with E-state index in [2.05, 4.69) is 4.72 Å². The molecule has 0 spiro atoms. The minimum atomic E-state index is -3.80. The van der Waals surface area contributed by atoms with Crippen LogP contribution in [0.1, 0.15) is 18.4 Å². The van der Waals surface area contributed by atoms with Gasteiger partial charge in [0.15, 0.2) is 0 Å². The lowest BCUT2D eigenvalue weighted by Gasteiger charge is -2.10. The molecular formula is C13H22FN3O2S. The van der Waals surface area contributed by atoms with Crippen LogP contribution < -0.4 is 10.5 Å². The highest BCUT2D eigenvalue weighted by molar-refractivity contribution is 7.89. The molecule has 0 radical (unpaired) electrons. The van der Waals surface area contributed by atoms with E-state index in [1.165, 1.54) is 12.1 Å². The molecule has 0 fully saturated rings. The van der Waals surface area contributed by atoms with Gasteiger partial charge in [0, 0.05) is 13.1 Å². The van der Waals surface area contributed by atoms with Crippen LogP contribution in [-0.4, -0.2) is 40.5 Å². The number of hydrogen-bond acceptors (Lipinski definition) is 4. The monoisotopic (exact) mass is 303 g/mol. The van der Waals surface area contributed by atoms with E-state index in [0.29, 0.717) is 18.5 Å². The van der Waals surface area contributed by atoms with Crippen LogP contribution in [0.5, 0.6) is 0 Å². The summed E-state index contributed by atoms with van der Waals surface area (Å²) in [5.41, 5.74) is 5.94. The molecule has 20 heavy (non-hydrogen) atoms. The highest BCUT2D eigenvalue weighted by Gasteiger charge is 2.18. The SMILES string of the molecule is CN(C)CCCCNS(=O)(=O)c1ccc(CN)cc1F. The molecule has 1 aromatic carbocycles. The molecule has 0 aromatic heterocycles. The molecule has 0 heterocycles. The number of halogens is 1. The zero-order valence-corrected chi connectivity index (χ0v) is 12.7. The molecule has 3 N–H and O–H groups in total. The summed E-state index contributed by atoms with van der Waals surface area (Å²) in [6, 6.07) is 3.92. The van der Waals surface area contributed by atoms with Crippen LogP contribution in [0.4, 0.5) is 4.39 Å². The van der Waals surface area contributed by atoms with Gasteiger partial charge in [-0.1, -0.05) is 6.07 Å². The first-order valence-electron chi connectivity index (χ1n) is 6.49. The molecule has 0 aliphatic carbocycles.